The van der Waals surface area contributed by atoms with Crippen LogP contribution in [0.1, 0.15) is 18.1 Å². The Balaban J connectivity index is 1.35. The fourth-order valence-corrected chi connectivity index (χ4v) is 3.57. The Morgan fingerprint density at radius 3 is 2.39 bits per heavy atom. The number of hydrogen-bond donors (Lipinski definition) is 2. The van der Waals surface area contributed by atoms with E-state index in [2.05, 4.69) is 61.3 Å². The number of benzene rings is 1. The molecule has 3 heterocycles. The van der Waals surface area contributed by atoms with Gasteiger partial charge in [-0.25, -0.2) is 15.0 Å². The third-order valence-electron chi connectivity index (χ3n) is 5.32. The van der Waals surface area contributed by atoms with Crippen LogP contribution < -0.4 is 11.1 Å². The first-order valence-electron chi connectivity index (χ1n) is 9.85. The topological polar surface area (TPSA) is 83.2 Å². The van der Waals surface area contributed by atoms with E-state index in [1.54, 1.807) is 6.07 Å². The van der Waals surface area contributed by atoms with Crippen molar-refractivity contribution in [2.45, 2.75) is 20.0 Å². The van der Waals surface area contributed by atoms with Crippen molar-refractivity contribution in [1.29, 1.82) is 0 Å². The molecule has 7 nitrogen and oxygen atoms in total. The maximum atomic E-state index is 5.74. The summed E-state index contributed by atoms with van der Waals surface area (Å²) in [5.41, 5.74) is 8.92. The van der Waals surface area contributed by atoms with Crippen molar-refractivity contribution in [3.8, 4) is 0 Å². The monoisotopic (exact) mass is 377 g/mol. The van der Waals surface area contributed by atoms with E-state index >= 15 is 0 Å². The molecule has 2 aromatic heterocycles. The maximum absolute atomic E-state index is 5.74. The Kier molecular flexibility index (Phi) is 5.64. The van der Waals surface area contributed by atoms with E-state index in [-0.39, 0.29) is 0 Å². The number of likely N-dealkylation sites (N-methyl/N-ethyl adjacent to an activating group) is 1. The molecule has 4 rings (SSSR count). The summed E-state index contributed by atoms with van der Waals surface area (Å²) in [6, 6.07) is 12.5. The maximum Gasteiger partial charge on any atom is 0.166 e. The summed E-state index contributed by atoms with van der Waals surface area (Å²) >= 11 is 0. The number of fused-ring (bicyclic) bond motifs is 1. The first-order valence-corrected chi connectivity index (χ1v) is 9.85. The number of nitrogens with one attached hydrogen (secondary N) is 1. The van der Waals surface area contributed by atoms with Gasteiger partial charge in [0.25, 0.3) is 0 Å². The van der Waals surface area contributed by atoms with Crippen molar-refractivity contribution >= 4 is 22.7 Å². The number of nitrogen functional groups attached to an aromatic ring is 1. The molecule has 7 heteroatoms. The molecule has 1 aliphatic rings. The molecule has 0 unspecified atom stereocenters. The average molecular weight is 377 g/mol. The number of hydrogen-bond acceptors (Lipinski definition) is 7. The van der Waals surface area contributed by atoms with Gasteiger partial charge in [0.2, 0.25) is 0 Å². The summed E-state index contributed by atoms with van der Waals surface area (Å²) in [5, 5.41) is 4.26. The second-order valence-corrected chi connectivity index (χ2v) is 7.21. The minimum absolute atomic E-state index is 0.462. The molecule has 0 radical (unpaired) electrons. The van der Waals surface area contributed by atoms with Crippen LogP contribution in [0.5, 0.6) is 0 Å². The van der Waals surface area contributed by atoms with Gasteiger partial charge < -0.3 is 16.0 Å². The van der Waals surface area contributed by atoms with Crippen LogP contribution in [-0.2, 0) is 13.1 Å². The lowest BCUT2D eigenvalue weighted by Crippen LogP contribution is -2.45. The third-order valence-corrected chi connectivity index (χ3v) is 5.32. The predicted octanol–water partition coefficient (Wildman–Crippen LogP) is 2.36. The van der Waals surface area contributed by atoms with Gasteiger partial charge >= 0.3 is 0 Å². The van der Waals surface area contributed by atoms with Crippen LogP contribution in [-0.4, -0.2) is 57.5 Å². The van der Waals surface area contributed by atoms with Crippen LogP contribution in [0.4, 0.5) is 11.6 Å². The van der Waals surface area contributed by atoms with E-state index < -0.39 is 0 Å². The number of piperazine rings is 1. The number of nitrogens with two attached hydrogens (primary N) is 1. The van der Waals surface area contributed by atoms with Gasteiger partial charge in [0, 0.05) is 39.3 Å². The quantitative estimate of drug-likeness (QED) is 0.682. The molecular formula is C21H27N7. The van der Waals surface area contributed by atoms with E-state index in [4.69, 9.17) is 5.73 Å². The average Bonchev–Trinajstić information content (AvgIpc) is 2.73. The van der Waals surface area contributed by atoms with Gasteiger partial charge in [-0.2, -0.15) is 0 Å². The highest BCUT2D eigenvalue weighted by Gasteiger charge is 2.15. The SMILES string of the molecule is CCN1CCN(Cc2ccc(CNc3ncnc4nc(N)ccc34)cc2)CC1. The molecule has 1 aromatic carbocycles. The molecule has 1 saturated heterocycles. The Morgan fingerprint density at radius 2 is 1.64 bits per heavy atom. The summed E-state index contributed by atoms with van der Waals surface area (Å²) in [6.45, 7) is 9.75. The van der Waals surface area contributed by atoms with Crippen LogP contribution >= 0.6 is 0 Å². The summed E-state index contributed by atoms with van der Waals surface area (Å²) in [7, 11) is 0. The zero-order chi connectivity index (χ0) is 19.3. The first-order chi connectivity index (χ1) is 13.7. The van der Waals surface area contributed by atoms with E-state index in [0.29, 0.717) is 18.0 Å². The molecular weight excluding hydrogens is 350 g/mol. The molecule has 0 spiro atoms. The minimum Gasteiger partial charge on any atom is -0.384 e. The van der Waals surface area contributed by atoms with E-state index in [1.807, 2.05) is 6.07 Å². The van der Waals surface area contributed by atoms with Crippen molar-refractivity contribution in [3.63, 3.8) is 0 Å². The molecule has 146 valence electrons. The summed E-state index contributed by atoms with van der Waals surface area (Å²) in [5.74, 6) is 1.24. The Morgan fingerprint density at radius 1 is 0.929 bits per heavy atom. The van der Waals surface area contributed by atoms with Gasteiger partial charge in [0.05, 0.1) is 5.39 Å². The molecule has 0 amide bonds. The summed E-state index contributed by atoms with van der Waals surface area (Å²) < 4.78 is 0. The van der Waals surface area contributed by atoms with Crippen molar-refractivity contribution in [2.24, 2.45) is 0 Å². The van der Waals surface area contributed by atoms with Crippen molar-refractivity contribution in [2.75, 3.05) is 43.8 Å². The first kappa shape index (κ1) is 18.6. The van der Waals surface area contributed by atoms with E-state index in [1.165, 1.54) is 30.5 Å². The van der Waals surface area contributed by atoms with E-state index in [9.17, 15) is 0 Å². The van der Waals surface area contributed by atoms with Crippen LogP contribution in [0.2, 0.25) is 0 Å². The van der Waals surface area contributed by atoms with Gasteiger partial charge in [-0.05, 0) is 29.8 Å². The van der Waals surface area contributed by atoms with Gasteiger partial charge in [-0.3, -0.25) is 4.90 Å². The highest BCUT2D eigenvalue weighted by atomic mass is 15.3. The van der Waals surface area contributed by atoms with Crippen LogP contribution in [0.15, 0.2) is 42.7 Å². The largest absolute Gasteiger partial charge is 0.384 e. The molecule has 1 aliphatic heterocycles. The molecule has 3 N–H and O–H groups in total. The highest BCUT2D eigenvalue weighted by molar-refractivity contribution is 5.86. The summed E-state index contributed by atoms with van der Waals surface area (Å²) in [6.07, 6.45) is 1.51. The summed E-state index contributed by atoms with van der Waals surface area (Å²) in [4.78, 5) is 17.8. The predicted molar refractivity (Wildman–Crippen MR) is 113 cm³/mol. The van der Waals surface area contributed by atoms with Gasteiger partial charge in [-0.1, -0.05) is 31.2 Å². The molecule has 0 bridgehead atoms. The zero-order valence-electron chi connectivity index (χ0n) is 16.3. The van der Waals surface area contributed by atoms with Crippen molar-refractivity contribution < 1.29 is 0 Å². The van der Waals surface area contributed by atoms with Crippen molar-refractivity contribution in [1.82, 2.24) is 24.8 Å². The van der Waals surface area contributed by atoms with Crippen LogP contribution in [0.3, 0.4) is 0 Å². The van der Waals surface area contributed by atoms with Gasteiger partial charge in [0.15, 0.2) is 5.65 Å². The lowest BCUT2D eigenvalue weighted by atomic mass is 10.1. The Labute approximate surface area is 165 Å². The molecule has 0 atom stereocenters. The normalized spacial score (nSPS) is 15.8. The minimum atomic E-state index is 0.462. The van der Waals surface area contributed by atoms with Crippen molar-refractivity contribution in [3.05, 3.63) is 53.9 Å². The highest BCUT2D eigenvalue weighted by Crippen LogP contribution is 2.19. The van der Waals surface area contributed by atoms with Crippen LogP contribution in [0.25, 0.3) is 11.0 Å². The van der Waals surface area contributed by atoms with Crippen LogP contribution in [0, 0.1) is 0 Å². The lowest BCUT2D eigenvalue weighted by molar-refractivity contribution is 0.132. The lowest BCUT2D eigenvalue weighted by Gasteiger charge is -2.34. The number of anilines is 2. The van der Waals surface area contributed by atoms with Gasteiger partial charge in [0.1, 0.15) is 18.0 Å². The Bertz CT molecular complexity index is 918. The number of pyridine rings is 1. The second kappa shape index (κ2) is 8.50. The van der Waals surface area contributed by atoms with E-state index in [0.717, 1.165) is 37.4 Å². The number of rotatable bonds is 6. The standard InChI is InChI=1S/C21H27N7/c1-2-27-9-11-28(12-10-27)14-17-5-3-16(4-6-17)13-23-20-18-7-8-19(22)26-21(18)25-15-24-20/h3-8,15H,2,9-14H2,1H3,(H3,22,23,24,25,26). The second-order valence-electron chi connectivity index (χ2n) is 7.21. The third kappa shape index (κ3) is 4.37. The fraction of sp³-hybridized carbons (Fsp3) is 0.381. The molecule has 0 saturated carbocycles. The Hall–Kier alpha value is -2.77. The number of aromatic nitrogens is 3. The smallest absolute Gasteiger partial charge is 0.166 e. The molecule has 0 aliphatic carbocycles. The zero-order valence-corrected chi connectivity index (χ0v) is 16.3. The molecule has 3 aromatic rings. The van der Waals surface area contributed by atoms with Gasteiger partial charge in [-0.15, -0.1) is 0 Å². The fourth-order valence-electron chi connectivity index (χ4n) is 3.57. The number of nitrogens with zero attached hydrogens (tertiary/aromatic N) is 5. The molecule has 1 fully saturated rings. The molecule has 28 heavy (non-hydrogen) atoms.